The van der Waals surface area contributed by atoms with E-state index in [2.05, 4.69) is 15.9 Å². The molecule has 0 amide bonds. The Hall–Kier alpha value is -0.440. The molecule has 0 aromatic carbocycles. The van der Waals surface area contributed by atoms with Gasteiger partial charge >= 0.3 is 5.97 Å². The zero-order chi connectivity index (χ0) is 14.2. The van der Waals surface area contributed by atoms with E-state index in [1.54, 1.807) is 0 Å². The highest BCUT2D eigenvalue weighted by Crippen LogP contribution is 2.35. The predicted molar refractivity (Wildman–Crippen MR) is 76.1 cm³/mol. The van der Waals surface area contributed by atoms with Crippen LogP contribution in [0.3, 0.4) is 0 Å². The molecule has 1 fully saturated rings. The smallest absolute Gasteiger partial charge is 0.345 e. The van der Waals surface area contributed by atoms with Crippen molar-refractivity contribution in [2.45, 2.75) is 24.7 Å². The summed E-state index contributed by atoms with van der Waals surface area (Å²) in [6.07, 6.45) is 1.82. The summed E-state index contributed by atoms with van der Waals surface area (Å²) in [7, 11) is -3.59. The fourth-order valence-corrected chi connectivity index (χ4v) is 6.01. The summed E-state index contributed by atoms with van der Waals surface area (Å²) in [4.78, 5) is 11.0. The molecule has 8 heteroatoms. The summed E-state index contributed by atoms with van der Waals surface area (Å²) in [5, 5.41) is 8.91. The van der Waals surface area contributed by atoms with Crippen LogP contribution in [-0.4, -0.2) is 36.9 Å². The highest BCUT2D eigenvalue weighted by atomic mass is 79.9. The van der Waals surface area contributed by atoms with Crippen LogP contribution in [0.4, 0.5) is 0 Å². The minimum absolute atomic E-state index is 0.0247. The molecular weight excluding hydrogens is 354 g/mol. The molecule has 2 rings (SSSR count). The number of hydrogen-bond acceptors (Lipinski definition) is 4. The highest BCUT2D eigenvalue weighted by molar-refractivity contribution is 9.11. The molecule has 0 radical (unpaired) electrons. The van der Waals surface area contributed by atoms with E-state index >= 15 is 0 Å². The molecule has 2 heterocycles. The van der Waals surface area contributed by atoms with Gasteiger partial charge in [0.15, 0.2) is 0 Å². The van der Waals surface area contributed by atoms with E-state index < -0.39 is 16.0 Å². The third kappa shape index (κ3) is 2.86. The third-order valence-corrected chi connectivity index (χ3v) is 7.42. The molecule has 1 saturated heterocycles. The Morgan fingerprint density at radius 2 is 2.32 bits per heavy atom. The van der Waals surface area contributed by atoms with Crippen LogP contribution in [-0.2, 0) is 10.0 Å². The van der Waals surface area contributed by atoms with Gasteiger partial charge in [0.25, 0.3) is 0 Å². The SMILES string of the molecule is CCC1CCN(S(=O)(=O)c2cc(C(=O)O)sc2Br)C1. The Kier molecular flexibility index (Phi) is 4.34. The number of carbonyl (C=O) groups is 1. The predicted octanol–water partition coefficient (Wildman–Crippen LogP) is 2.63. The average Bonchev–Trinajstić information content (AvgIpc) is 2.95. The summed E-state index contributed by atoms with van der Waals surface area (Å²) >= 11 is 4.08. The van der Waals surface area contributed by atoms with Crippen LogP contribution in [0, 0.1) is 5.92 Å². The highest BCUT2D eigenvalue weighted by Gasteiger charge is 2.34. The first-order valence-electron chi connectivity index (χ1n) is 5.89. The number of hydrogen-bond donors (Lipinski definition) is 1. The summed E-state index contributed by atoms with van der Waals surface area (Å²) in [5.41, 5.74) is 0. The van der Waals surface area contributed by atoms with E-state index in [0.717, 1.165) is 24.2 Å². The lowest BCUT2D eigenvalue weighted by atomic mass is 10.1. The van der Waals surface area contributed by atoms with Gasteiger partial charge in [-0.05, 0) is 34.3 Å². The Morgan fingerprint density at radius 3 is 2.79 bits per heavy atom. The lowest BCUT2D eigenvalue weighted by Gasteiger charge is -2.15. The molecule has 1 aromatic heterocycles. The van der Waals surface area contributed by atoms with E-state index in [-0.39, 0.29) is 9.77 Å². The van der Waals surface area contributed by atoms with Gasteiger partial charge in [-0.2, -0.15) is 4.31 Å². The normalized spacial score (nSPS) is 20.8. The van der Waals surface area contributed by atoms with E-state index in [1.807, 2.05) is 6.92 Å². The van der Waals surface area contributed by atoms with Gasteiger partial charge in [0.05, 0.1) is 3.79 Å². The van der Waals surface area contributed by atoms with Gasteiger partial charge in [-0.25, -0.2) is 13.2 Å². The van der Waals surface area contributed by atoms with Crippen molar-refractivity contribution in [1.29, 1.82) is 0 Å². The minimum Gasteiger partial charge on any atom is -0.477 e. The summed E-state index contributed by atoms with van der Waals surface area (Å²) in [5.74, 6) is -0.717. The summed E-state index contributed by atoms with van der Waals surface area (Å²) in [6.45, 7) is 3.07. The second-order valence-electron chi connectivity index (χ2n) is 4.48. The number of aromatic carboxylic acids is 1. The third-order valence-electron chi connectivity index (χ3n) is 3.31. The van der Waals surface area contributed by atoms with Crippen LogP contribution < -0.4 is 0 Å². The van der Waals surface area contributed by atoms with E-state index in [1.165, 1.54) is 10.4 Å². The Labute approximate surface area is 124 Å². The number of halogens is 1. The fraction of sp³-hybridized carbons (Fsp3) is 0.545. The van der Waals surface area contributed by atoms with Gasteiger partial charge in [-0.15, -0.1) is 11.3 Å². The van der Waals surface area contributed by atoms with Crippen LogP contribution >= 0.6 is 27.3 Å². The molecule has 5 nitrogen and oxygen atoms in total. The Balaban J connectivity index is 2.32. The quantitative estimate of drug-likeness (QED) is 0.887. The largest absolute Gasteiger partial charge is 0.477 e. The lowest BCUT2D eigenvalue weighted by Crippen LogP contribution is -2.28. The Morgan fingerprint density at radius 1 is 1.63 bits per heavy atom. The van der Waals surface area contributed by atoms with Crippen LogP contribution in [0.2, 0.25) is 0 Å². The average molecular weight is 368 g/mol. The first kappa shape index (κ1) is 15.0. The molecule has 0 bridgehead atoms. The maximum atomic E-state index is 12.5. The zero-order valence-electron chi connectivity index (χ0n) is 10.3. The van der Waals surface area contributed by atoms with Crippen LogP contribution in [0.1, 0.15) is 29.4 Å². The van der Waals surface area contributed by atoms with E-state index in [4.69, 9.17) is 5.11 Å². The number of carboxylic acids is 1. The lowest BCUT2D eigenvalue weighted by molar-refractivity contribution is 0.0702. The first-order chi connectivity index (χ1) is 8.86. The molecule has 1 N–H and O–H groups in total. The Bertz CT molecular complexity index is 596. The maximum Gasteiger partial charge on any atom is 0.345 e. The molecule has 1 aromatic rings. The molecule has 0 saturated carbocycles. The molecule has 106 valence electrons. The van der Waals surface area contributed by atoms with Crippen molar-refractivity contribution in [1.82, 2.24) is 4.31 Å². The number of sulfonamides is 1. The number of rotatable bonds is 4. The second-order valence-corrected chi connectivity index (χ2v) is 8.76. The van der Waals surface area contributed by atoms with Gasteiger partial charge in [-0.3, -0.25) is 0 Å². The zero-order valence-corrected chi connectivity index (χ0v) is 13.5. The van der Waals surface area contributed by atoms with Crippen molar-refractivity contribution in [2.24, 2.45) is 5.92 Å². The maximum absolute atomic E-state index is 12.5. The van der Waals surface area contributed by atoms with E-state index in [9.17, 15) is 13.2 Å². The van der Waals surface area contributed by atoms with Gasteiger partial charge < -0.3 is 5.11 Å². The van der Waals surface area contributed by atoms with E-state index in [0.29, 0.717) is 22.8 Å². The molecule has 1 atom stereocenters. The minimum atomic E-state index is -3.59. The first-order valence-corrected chi connectivity index (χ1v) is 8.94. The van der Waals surface area contributed by atoms with Crippen LogP contribution in [0.25, 0.3) is 0 Å². The van der Waals surface area contributed by atoms with Crippen molar-refractivity contribution in [2.75, 3.05) is 13.1 Å². The van der Waals surface area contributed by atoms with Crippen molar-refractivity contribution < 1.29 is 18.3 Å². The molecule has 1 unspecified atom stereocenters. The number of nitrogens with zero attached hydrogens (tertiary/aromatic N) is 1. The molecular formula is C11H14BrNO4S2. The topological polar surface area (TPSA) is 74.7 Å². The molecule has 1 aliphatic heterocycles. The molecule has 0 spiro atoms. The standard InChI is InChI=1S/C11H14BrNO4S2/c1-2-7-3-4-13(6-7)19(16,17)9-5-8(11(14)15)18-10(9)12/h5,7H,2-4,6H2,1H3,(H,14,15). The van der Waals surface area contributed by atoms with Crippen molar-refractivity contribution >= 4 is 43.3 Å². The molecule has 0 aliphatic carbocycles. The number of carboxylic acid groups (broad SMARTS) is 1. The summed E-state index contributed by atoms with van der Waals surface area (Å²) in [6, 6.07) is 1.23. The van der Waals surface area contributed by atoms with Crippen molar-refractivity contribution in [3.63, 3.8) is 0 Å². The summed E-state index contributed by atoms with van der Waals surface area (Å²) < 4.78 is 26.7. The second kappa shape index (κ2) is 5.51. The van der Waals surface area contributed by atoms with Gasteiger partial charge in [0.2, 0.25) is 10.0 Å². The van der Waals surface area contributed by atoms with Crippen LogP contribution in [0.5, 0.6) is 0 Å². The molecule has 1 aliphatic rings. The monoisotopic (exact) mass is 367 g/mol. The van der Waals surface area contributed by atoms with Crippen molar-refractivity contribution in [3.05, 3.63) is 14.7 Å². The van der Waals surface area contributed by atoms with Gasteiger partial charge in [0, 0.05) is 13.1 Å². The van der Waals surface area contributed by atoms with Crippen LogP contribution in [0.15, 0.2) is 14.7 Å². The van der Waals surface area contributed by atoms with Crippen molar-refractivity contribution in [3.8, 4) is 0 Å². The fourth-order valence-electron chi connectivity index (χ4n) is 2.12. The molecule has 19 heavy (non-hydrogen) atoms. The number of thiophene rings is 1. The van der Waals surface area contributed by atoms with Gasteiger partial charge in [0.1, 0.15) is 9.77 Å². The van der Waals surface area contributed by atoms with Gasteiger partial charge in [-0.1, -0.05) is 13.3 Å².